The van der Waals surface area contributed by atoms with E-state index in [-0.39, 0.29) is 16.5 Å². The maximum absolute atomic E-state index is 11.0. The van der Waals surface area contributed by atoms with Crippen LogP contribution in [0.1, 0.15) is 38.4 Å². The van der Waals surface area contributed by atoms with Crippen LogP contribution in [0.2, 0.25) is 0 Å². The van der Waals surface area contributed by atoms with Gasteiger partial charge < -0.3 is 0 Å². The van der Waals surface area contributed by atoms with Gasteiger partial charge in [-0.2, -0.15) is 5.10 Å². The molecule has 1 heterocycles. The minimum Gasteiger partial charge on any atom is -0.275 e. The van der Waals surface area contributed by atoms with Crippen molar-refractivity contribution in [2.75, 3.05) is 0 Å². The van der Waals surface area contributed by atoms with Crippen molar-refractivity contribution in [1.29, 1.82) is 0 Å². The van der Waals surface area contributed by atoms with Gasteiger partial charge in [0, 0.05) is 31.3 Å². The summed E-state index contributed by atoms with van der Waals surface area (Å²) < 4.78 is 1.69. The van der Waals surface area contributed by atoms with Gasteiger partial charge in [-0.25, -0.2) is 0 Å². The summed E-state index contributed by atoms with van der Waals surface area (Å²) >= 11 is 0. The first kappa shape index (κ1) is 13.4. The van der Waals surface area contributed by atoms with E-state index >= 15 is 0 Å². The molecule has 0 unspecified atom stereocenters. The number of nitro groups is 1. The van der Waals surface area contributed by atoms with Crippen LogP contribution in [0.4, 0.5) is 0 Å². The van der Waals surface area contributed by atoms with E-state index in [2.05, 4.69) is 5.10 Å². The lowest BCUT2D eigenvalue weighted by atomic mass is 10.1. The van der Waals surface area contributed by atoms with Gasteiger partial charge in [-0.05, 0) is 12.3 Å². The fourth-order valence-corrected chi connectivity index (χ4v) is 1.73. The van der Waals surface area contributed by atoms with Crippen molar-refractivity contribution in [3.63, 3.8) is 0 Å². The molecule has 0 radical (unpaired) electrons. The molecule has 0 aliphatic rings. The topological polar surface area (TPSA) is 61.0 Å². The van der Waals surface area contributed by atoms with Crippen LogP contribution >= 0.6 is 0 Å². The zero-order valence-corrected chi connectivity index (χ0v) is 10.8. The number of aryl methyl sites for hydroxylation is 2. The highest BCUT2D eigenvalue weighted by Crippen LogP contribution is 2.17. The molecule has 0 aromatic carbocycles. The standard InChI is InChI=1S/C12H19N3O2/c1-5-12-10(8-14(4)13-12)7-11(15(16)17)6-9(2)3/h7-9H,5-6H2,1-4H3/b11-7-. The van der Waals surface area contributed by atoms with Crippen LogP contribution < -0.4 is 0 Å². The van der Waals surface area contributed by atoms with E-state index in [0.29, 0.717) is 6.42 Å². The molecule has 0 fully saturated rings. The van der Waals surface area contributed by atoms with E-state index < -0.39 is 0 Å². The smallest absolute Gasteiger partial charge is 0.247 e. The first-order valence-electron chi connectivity index (χ1n) is 5.81. The van der Waals surface area contributed by atoms with Crippen molar-refractivity contribution >= 4 is 6.08 Å². The third-order valence-corrected chi connectivity index (χ3v) is 2.45. The molecule has 0 spiro atoms. The molecule has 0 amide bonds. The number of hydrogen-bond acceptors (Lipinski definition) is 3. The fourth-order valence-electron chi connectivity index (χ4n) is 1.73. The van der Waals surface area contributed by atoms with Crippen LogP contribution in [0.15, 0.2) is 11.9 Å². The van der Waals surface area contributed by atoms with Crippen molar-refractivity contribution in [2.45, 2.75) is 33.6 Å². The SMILES string of the molecule is CCc1nn(C)cc1/C=C(/CC(C)C)[N+](=O)[O-]. The van der Waals surface area contributed by atoms with Gasteiger partial charge in [-0.15, -0.1) is 0 Å². The Kier molecular flexibility index (Phi) is 4.43. The lowest BCUT2D eigenvalue weighted by molar-refractivity contribution is -0.427. The Morgan fingerprint density at radius 2 is 2.29 bits per heavy atom. The van der Waals surface area contributed by atoms with E-state index in [4.69, 9.17) is 0 Å². The van der Waals surface area contributed by atoms with Crippen molar-refractivity contribution in [3.05, 3.63) is 33.3 Å². The third-order valence-electron chi connectivity index (χ3n) is 2.45. The summed E-state index contributed by atoms with van der Waals surface area (Å²) in [5.41, 5.74) is 2.00. The summed E-state index contributed by atoms with van der Waals surface area (Å²) in [4.78, 5) is 10.7. The van der Waals surface area contributed by atoms with Crippen molar-refractivity contribution in [1.82, 2.24) is 9.78 Å². The van der Waals surface area contributed by atoms with E-state index in [9.17, 15) is 10.1 Å². The number of hydrogen-bond donors (Lipinski definition) is 0. The third kappa shape index (κ3) is 3.69. The molecule has 0 saturated carbocycles. The molecular weight excluding hydrogens is 218 g/mol. The average Bonchev–Trinajstić information content (AvgIpc) is 2.57. The first-order valence-corrected chi connectivity index (χ1v) is 5.81. The number of aromatic nitrogens is 2. The highest BCUT2D eigenvalue weighted by Gasteiger charge is 2.15. The summed E-state index contributed by atoms with van der Waals surface area (Å²) in [5, 5.41) is 15.2. The maximum Gasteiger partial charge on any atom is 0.247 e. The van der Waals surface area contributed by atoms with Crippen molar-refractivity contribution < 1.29 is 4.92 Å². The highest BCUT2D eigenvalue weighted by molar-refractivity contribution is 5.52. The van der Waals surface area contributed by atoms with E-state index in [0.717, 1.165) is 17.7 Å². The Balaban J connectivity index is 3.07. The molecular formula is C12H19N3O2. The van der Waals surface area contributed by atoms with E-state index in [1.165, 1.54) is 0 Å². The average molecular weight is 237 g/mol. The zero-order valence-electron chi connectivity index (χ0n) is 10.8. The quantitative estimate of drug-likeness (QED) is 0.584. The lowest BCUT2D eigenvalue weighted by Crippen LogP contribution is -2.02. The number of nitrogens with zero attached hydrogens (tertiary/aromatic N) is 3. The Morgan fingerprint density at radius 3 is 2.76 bits per heavy atom. The second-order valence-corrected chi connectivity index (χ2v) is 4.55. The highest BCUT2D eigenvalue weighted by atomic mass is 16.6. The van der Waals surface area contributed by atoms with Gasteiger partial charge in [0.1, 0.15) is 0 Å². The van der Waals surface area contributed by atoms with Gasteiger partial charge in [0.25, 0.3) is 0 Å². The van der Waals surface area contributed by atoms with Gasteiger partial charge in [-0.1, -0.05) is 20.8 Å². The van der Waals surface area contributed by atoms with Crippen LogP contribution in [-0.4, -0.2) is 14.7 Å². The van der Waals surface area contributed by atoms with Crippen LogP contribution in [0.5, 0.6) is 0 Å². The molecule has 5 heteroatoms. The van der Waals surface area contributed by atoms with Gasteiger partial charge in [-0.3, -0.25) is 14.8 Å². The Morgan fingerprint density at radius 1 is 1.65 bits per heavy atom. The van der Waals surface area contributed by atoms with Gasteiger partial charge in [0.05, 0.1) is 10.6 Å². The van der Waals surface area contributed by atoms with Crippen LogP contribution in [0.3, 0.4) is 0 Å². The van der Waals surface area contributed by atoms with E-state index in [1.54, 1.807) is 10.8 Å². The minimum atomic E-state index is -0.299. The molecule has 0 N–H and O–H groups in total. The maximum atomic E-state index is 11.0. The second kappa shape index (κ2) is 5.61. The number of rotatable bonds is 5. The molecule has 94 valence electrons. The zero-order chi connectivity index (χ0) is 13.0. The van der Waals surface area contributed by atoms with Gasteiger partial charge in [0.15, 0.2) is 0 Å². The second-order valence-electron chi connectivity index (χ2n) is 4.55. The summed E-state index contributed by atoms with van der Waals surface area (Å²) in [6.07, 6.45) is 4.72. The molecule has 1 rings (SSSR count). The first-order chi connectivity index (χ1) is 7.93. The molecule has 1 aromatic rings. The van der Waals surface area contributed by atoms with Gasteiger partial charge in [0.2, 0.25) is 5.70 Å². The molecule has 0 aliphatic heterocycles. The molecule has 0 saturated heterocycles. The Labute approximate surface area is 101 Å². The Hall–Kier alpha value is -1.65. The summed E-state index contributed by atoms with van der Waals surface area (Å²) in [6, 6.07) is 0. The molecule has 17 heavy (non-hydrogen) atoms. The molecule has 0 aliphatic carbocycles. The van der Waals surface area contributed by atoms with Crippen molar-refractivity contribution in [3.8, 4) is 0 Å². The summed E-state index contributed by atoms with van der Waals surface area (Å²) in [5.74, 6) is 0.272. The Bertz CT molecular complexity index is 433. The van der Waals surface area contributed by atoms with Crippen LogP contribution in [0, 0.1) is 16.0 Å². The lowest BCUT2D eigenvalue weighted by Gasteiger charge is -2.01. The van der Waals surface area contributed by atoms with Crippen molar-refractivity contribution in [2.24, 2.45) is 13.0 Å². The molecule has 1 aromatic heterocycles. The predicted molar refractivity (Wildman–Crippen MR) is 67.0 cm³/mol. The molecule has 5 nitrogen and oxygen atoms in total. The summed E-state index contributed by atoms with van der Waals surface area (Å²) in [7, 11) is 1.82. The van der Waals surface area contributed by atoms with Crippen LogP contribution in [0.25, 0.3) is 6.08 Å². The minimum absolute atomic E-state index is 0.253. The summed E-state index contributed by atoms with van der Waals surface area (Å²) in [6.45, 7) is 5.94. The van der Waals surface area contributed by atoms with Gasteiger partial charge >= 0.3 is 0 Å². The predicted octanol–water partition coefficient (Wildman–Crippen LogP) is 2.65. The fraction of sp³-hybridized carbons (Fsp3) is 0.583. The molecule has 0 bridgehead atoms. The molecule has 0 atom stereocenters. The monoisotopic (exact) mass is 237 g/mol. The van der Waals surface area contributed by atoms with Crippen LogP contribution in [-0.2, 0) is 13.5 Å². The largest absolute Gasteiger partial charge is 0.275 e. The number of allylic oxidation sites excluding steroid dienone is 1. The normalized spacial score (nSPS) is 12.2. The van der Waals surface area contributed by atoms with E-state index in [1.807, 2.05) is 34.0 Å².